The van der Waals surface area contributed by atoms with Gasteiger partial charge in [0, 0.05) is 32.3 Å². The smallest absolute Gasteiger partial charge is 0.252 e. The van der Waals surface area contributed by atoms with Gasteiger partial charge in [0.2, 0.25) is 5.91 Å². The van der Waals surface area contributed by atoms with Crippen molar-refractivity contribution in [3.05, 3.63) is 23.9 Å². The summed E-state index contributed by atoms with van der Waals surface area (Å²) in [7, 11) is 0. The van der Waals surface area contributed by atoms with E-state index in [1.165, 1.54) is 12.8 Å². The van der Waals surface area contributed by atoms with Crippen LogP contribution in [0.25, 0.3) is 0 Å². The first-order valence-corrected chi connectivity index (χ1v) is 8.76. The Morgan fingerprint density at radius 1 is 1.42 bits per heavy atom. The molecule has 6 nitrogen and oxygen atoms in total. The predicted molar refractivity (Wildman–Crippen MR) is 92.6 cm³/mol. The van der Waals surface area contributed by atoms with E-state index in [-0.39, 0.29) is 11.9 Å². The van der Waals surface area contributed by atoms with E-state index in [0.29, 0.717) is 42.7 Å². The van der Waals surface area contributed by atoms with Crippen molar-refractivity contribution < 1.29 is 9.59 Å². The molecule has 3 rings (SSSR count). The molecule has 0 radical (unpaired) electrons. The van der Waals surface area contributed by atoms with Gasteiger partial charge in [-0.15, -0.1) is 0 Å². The van der Waals surface area contributed by atoms with Crippen molar-refractivity contribution in [2.45, 2.75) is 39.2 Å². The van der Waals surface area contributed by atoms with E-state index in [1.54, 1.807) is 18.3 Å². The molecule has 2 aliphatic rings. The highest BCUT2D eigenvalue weighted by Gasteiger charge is 2.36. The Morgan fingerprint density at radius 3 is 2.79 bits per heavy atom. The molecular formula is C18H26N4O2. The van der Waals surface area contributed by atoms with Crippen LogP contribution in [0.1, 0.15) is 43.5 Å². The fraction of sp³-hybridized carbons (Fsp3) is 0.611. The van der Waals surface area contributed by atoms with Gasteiger partial charge in [-0.05, 0) is 36.8 Å². The van der Waals surface area contributed by atoms with E-state index in [9.17, 15) is 9.59 Å². The van der Waals surface area contributed by atoms with Gasteiger partial charge in [0.25, 0.3) is 5.91 Å². The van der Waals surface area contributed by atoms with E-state index in [0.717, 1.165) is 6.54 Å². The van der Waals surface area contributed by atoms with E-state index in [4.69, 9.17) is 5.73 Å². The highest BCUT2D eigenvalue weighted by molar-refractivity contribution is 5.97. The molecule has 1 saturated heterocycles. The van der Waals surface area contributed by atoms with Crippen molar-refractivity contribution in [3.63, 3.8) is 0 Å². The molecule has 1 unspecified atom stereocenters. The number of rotatable bonds is 5. The van der Waals surface area contributed by atoms with Crippen LogP contribution in [0.3, 0.4) is 0 Å². The molecule has 1 aliphatic carbocycles. The van der Waals surface area contributed by atoms with Crippen LogP contribution in [0.4, 0.5) is 5.82 Å². The van der Waals surface area contributed by atoms with Crippen LogP contribution in [0.2, 0.25) is 0 Å². The monoisotopic (exact) mass is 330 g/mol. The number of pyridine rings is 1. The number of aromatic nitrogens is 1. The third kappa shape index (κ3) is 3.52. The Labute approximate surface area is 143 Å². The second-order valence-electron chi connectivity index (χ2n) is 7.24. The number of anilines is 1. The summed E-state index contributed by atoms with van der Waals surface area (Å²) < 4.78 is 0. The fourth-order valence-corrected chi connectivity index (χ4v) is 3.39. The van der Waals surface area contributed by atoms with Crippen LogP contribution in [-0.2, 0) is 4.79 Å². The number of amides is 2. The number of nitrogens with zero attached hydrogens (tertiary/aromatic N) is 3. The van der Waals surface area contributed by atoms with E-state index in [2.05, 4.69) is 28.6 Å². The molecule has 1 aromatic rings. The lowest BCUT2D eigenvalue weighted by atomic mass is 10.0. The molecule has 1 aliphatic heterocycles. The molecule has 2 amide bonds. The molecule has 2 N–H and O–H groups in total. The van der Waals surface area contributed by atoms with Crippen molar-refractivity contribution in [1.29, 1.82) is 0 Å². The lowest BCUT2D eigenvalue weighted by molar-refractivity contribution is -0.133. The van der Waals surface area contributed by atoms with Gasteiger partial charge in [-0.25, -0.2) is 4.98 Å². The van der Waals surface area contributed by atoms with Crippen LogP contribution in [0, 0.1) is 11.8 Å². The minimum Gasteiger partial charge on any atom is -0.365 e. The lowest BCUT2D eigenvalue weighted by Gasteiger charge is -2.35. The van der Waals surface area contributed by atoms with Gasteiger partial charge in [0.1, 0.15) is 5.82 Å². The Hall–Kier alpha value is -2.11. The van der Waals surface area contributed by atoms with Crippen molar-refractivity contribution in [2.75, 3.05) is 24.5 Å². The van der Waals surface area contributed by atoms with Gasteiger partial charge < -0.3 is 15.5 Å². The Morgan fingerprint density at radius 2 is 2.17 bits per heavy atom. The van der Waals surface area contributed by atoms with Crippen LogP contribution >= 0.6 is 0 Å². The first kappa shape index (κ1) is 16.7. The maximum absolute atomic E-state index is 12.7. The van der Waals surface area contributed by atoms with E-state index >= 15 is 0 Å². The summed E-state index contributed by atoms with van der Waals surface area (Å²) in [6.07, 6.45) is 4.57. The topological polar surface area (TPSA) is 79.5 Å². The maximum atomic E-state index is 12.7. The summed E-state index contributed by atoms with van der Waals surface area (Å²) in [4.78, 5) is 32.9. The van der Waals surface area contributed by atoms with Gasteiger partial charge in [-0.1, -0.05) is 13.8 Å². The first-order chi connectivity index (χ1) is 11.5. The first-order valence-electron chi connectivity index (χ1n) is 8.76. The average Bonchev–Trinajstić information content (AvgIpc) is 3.37. The number of primary amides is 1. The Bertz CT molecular complexity index is 627. The molecule has 0 bridgehead atoms. The van der Waals surface area contributed by atoms with Gasteiger partial charge in [-0.2, -0.15) is 0 Å². The molecule has 1 saturated carbocycles. The normalized spacial score (nSPS) is 22.0. The maximum Gasteiger partial charge on any atom is 0.252 e. The number of hydrogen-bond donors (Lipinski definition) is 1. The lowest BCUT2D eigenvalue weighted by Crippen LogP contribution is -2.47. The summed E-state index contributed by atoms with van der Waals surface area (Å²) >= 11 is 0. The molecule has 130 valence electrons. The van der Waals surface area contributed by atoms with Crippen LogP contribution < -0.4 is 10.6 Å². The third-order valence-corrected chi connectivity index (χ3v) is 5.00. The molecule has 2 fully saturated rings. The minimum atomic E-state index is -0.482. The highest BCUT2D eigenvalue weighted by atomic mass is 16.2. The van der Waals surface area contributed by atoms with Crippen LogP contribution in [-0.4, -0.2) is 47.4 Å². The molecular weight excluding hydrogens is 304 g/mol. The van der Waals surface area contributed by atoms with Crippen molar-refractivity contribution in [1.82, 2.24) is 9.88 Å². The van der Waals surface area contributed by atoms with Gasteiger partial charge in [0.15, 0.2) is 0 Å². The molecule has 0 aromatic carbocycles. The van der Waals surface area contributed by atoms with Gasteiger partial charge in [0.05, 0.1) is 11.6 Å². The standard InChI is InChI=1S/C18H26N4O2/c1-12(2)15-11-21(18-14(17(19)24)4-3-8-20-18)9-7-16(23)22(15)10-13-5-6-13/h3-4,8,12-13,15H,5-7,9-11H2,1-2H3,(H2,19,24). The van der Waals surface area contributed by atoms with E-state index in [1.807, 2.05) is 0 Å². The number of hydrogen-bond acceptors (Lipinski definition) is 4. The SMILES string of the molecule is CC(C)C1CN(c2ncccc2C(N)=O)CCC(=O)N1CC1CC1. The summed E-state index contributed by atoms with van der Waals surface area (Å²) in [5.74, 6) is 1.33. The molecule has 2 heterocycles. The Kier molecular flexibility index (Phi) is 4.73. The molecule has 6 heteroatoms. The van der Waals surface area contributed by atoms with E-state index < -0.39 is 5.91 Å². The number of nitrogens with two attached hydrogens (primary N) is 1. The molecule has 0 spiro atoms. The van der Waals surface area contributed by atoms with Gasteiger partial charge in [-0.3, -0.25) is 9.59 Å². The van der Waals surface area contributed by atoms with Crippen molar-refractivity contribution in [3.8, 4) is 0 Å². The highest BCUT2D eigenvalue weighted by Crippen LogP contribution is 2.32. The van der Waals surface area contributed by atoms with Crippen LogP contribution in [0.5, 0.6) is 0 Å². The molecule has 1 aromatic heterocycles. The van der Waals surface area contributed by atoms with Gasteiger partial charge >= 0.3 is 0 Å². The zero-order valence-corrected chi connectivity index (χ0v) is 14.4. The van der Waals surface area contributed by atoms with Crippen LogP contribution in [0.15, 0.2) is 18.3 Å². The fourth-order valence-electron chi connectivity index (χ4n) is 3.39. The van der Waals surface area contributed by atoms with Crippen molar-refractivity contribution >= 4 is 17.6 Å². The third-order valence-electron chi connectivity index (χ3n) is 5.00. The number of carbonyl (C=O) groups is 2. The second-order valence-corrected chi connectivity index (χ2v) is 7.24. The zero-order valence-electron chi connectivity index (χ0n) is 14.4. The number of carbonyl (C=O) groups excluding carboxylic acids is 2. The summed E-state index contributed by atoms with van der Waals surface area (Å²) in [6.45, 7) is 6.41. The molecule has 24 heavy (non-hydrogen) atoms. The summed E-state index contributed by atoms with van der Waals surface area (Å²) in [5.41, 5.74) is 5.92. The quantitative estimate of drug-likeness (QED) is 0.890. The van der Waals surface area contributed by atoms with Crippen molar-refractivity contribution in [2.24, 2.45) is 17.6 Å². The second kappa shape index (κ2) is 6.79. The summed E-state index contributed by atoms with van der Waals surface area (Å²) in [6, 6.07) is 3.54. The predicted octanol–water partition coefficient (Wildman–Crippen LogP) is 1.65. The average molecular weight is 330 g/mol. The summed E-state index contributed by atoms with van der Waals surface area (Å²) in [5, 5.41) is 0. The minimum absolute atomic E-state index is 0.128. The largest absolute Gasteiger partial charge is 0.365 e. The zero-order chi connectivity index (χ0) is 17.3. The molecule has 1 atom stereocenters. The Balaban J connectivity index is 1.88.